The van der Waals surface area contributed by atoms with Crippen molar-refractivity contribution in [1.82, 2.24) is 0 Å². The molecule has 20 heavy (non-hydrogen) atoms. The Kier molecular flexibility index (Phi) is 8.84. The fourth-order valence-corrected chi connectivity index (χ4v) is 3.01. The Balaban J connectivity index is 1.97. The Morgan fingerprint density at radius 1 is 1.00 bits per heavy atom. The molecule has 1 rings (SSSR count). The highest BCUT2D eigenvalue weighted by atomic mass is 16.3. The lowest BCUT2D eigenvalue weighted by Crippen LogP contribution is -2.09. The van der Waals surface area contributed by atoms with E-state index in [4.69, 9.17) is 5.11 Å². The molecule has 2 heteroatoms. The first-order valence-corrected chi connectivity index (χ1v) is 8.51. The molecule has 0 aromatic carbocycles. The number of aliphatic hydroxyl groups is 1. The highest BCUT2D eigenvalue weighted by molar-refractivity contribution is 5.96. The average Bonchev–Trinajstić information content (AvgIpc) is 2.41. The van der Waals surface area contributed by atoms with Gasteiger partial charge in [0.1, 0.15) is 0 Å². The fourth-order valence-electron chi connectivity index (χ4n) is 3.01. The lowest BCUT2D eigenvalue weighted by Gasteiger charge is -2.16. The summed E-state index contributed by atoms with van der Waals surface area (Å²) in [5, 5.41) is 9.16. The zero-order chi connectivity index (χ0) is 14.8. The molecule has 0 heterocycles. The van der Waals surface area contributed by atoms with Crippen molar-refractivity contribution >= 4 is 5.78 Å². The van der Waals surface area contributed by atoms with E-state index in [2.05, 4.69) is 0 Å². The quantitative estimate of drug-likeness (QED) is 0.575. The lowest BCUT2D eigenvalue weighted by atomic mass is 9.88. The van der Waals surface area contributed by atoms with Gasteiger partial charge in [0.15, 0.2) is 5.78 Å². The van der Waals surface area contributed by atoms with Crippen LogP contribution >= 0.6 is 0 Å². The summed E-state index contributed by atoms with van der Waals surface area (Å²) in [6, 6.07) is 0. The van der Waals surface area contributed by atoms with Crippen LogP contribution in [0.25, 0.3) is 0 Å². The van der Waals surface area contributed by atoms with Gasteiger partial charge in [-0.3, -0.25) is 4.79 Å². The summed E-state index contributed by atoms with van der Waals surface area (Å²) in [5.41, 5.74) is 2.49. The zero-order valence-corrected chi connectivity index (χ0v) is 13.4. The van der Waals surface area contributed by atoms with Crippen LogP contribution in [0.2, 0.25) is 0 Å². The summed E-state index contributed by atoms with van der Waals surface area (Å²) in [6.07, 6.45) is 13.8. The van der Waals surface area contributed by atoms with Crippen LogP contribution in [0.4, 0.5) is 0 Å². The topological polar surface area (TPSA) is 37.3 Å². The first-order valence-electron chi connectivity index (χ1n) is 8.51. The third-order valence-corrected chi connectivity index (χ3v) is 4.43. The van der Waals surface area contributed by atoms with Crippen molar-refractivity contribution < 1.29 is 9.90 Å². The van der Waals surface area contributed by atoms with Gasteiger partial charge < -0.3 is 5.11 Å². The highest BCUT2D eigenvalue weighted by Gasteiger charge is 2.15. The van der Waals surface area contributed by atoms with E-state index in [1.165, 1.54) is 44.1 Å². The second kappa shape index (κ2) is 10.1. The largest absolute Gasteiger partial charge is 0.393 e. The van der Waals surface area contributed by atoms with E-state index < -0.39 is 0 Å². The van der Waals surface area contributed by atoms with E-state index in [0.717, 1.165) is 44.1 Å². The molecule has 0 spiro atoms. The fraction of sp³-hybridized carbons (Fsp3) is 0.833. The number of ketones is 1. The molecular formula is C18H32O2. The van der Waals surface area contributed by atoms with E-state index in [1.807, 2.05) is 13.8 Å². The number of allylic oxidation sites excluding steroid dienone is 2. The van der Waals surface area contributed by atoms with Crippen LogP contribution in [-0.2, 0) is 4.79 Å². The Hall–Kier alpha value is -0.630. The number of Topliss-reactive ketones (excluding diaryl/α,β-unsaturated/α-hetero) is 1. The van der Waals surface area contributed by atoms with Crippen molar-refractivity contribution in [3.05, 3.63) is 11.1 Å². The van der Waals surface area contributed by atoms with Gasteiger partial charge in [0.05, 0.1) is 6.10 Å². The Morgan fingerprint density at radius 3 is 2.25 bits per heavy atom. The molecule has 0 amide bonds. The minimum absolute atomic E-state index is 0.135. The summed E-state index contributed by atoms with van der Waals surface area (Å²) in [5.74, 6) is 0.379. The average molecular weight is 280 g/mol. The van der Waals surface area contributed by atoms with Crippen LogP contribution in [-0.4, -0.2) is 17.0 Å². The number of carbonyl (C=O) groups excluding carboxylic acids is 1. The Labute approximate surface area is 124 Å². The number of aliphatic hydroxyl groups excluding tert-OH is 1. The van der Waals surface area contributed by atoms with Gasteiger partial charge >= 0.3 is 0 Å². The van der Waals surface area contributed by atoms with Crippen LogP contribution in [0.1, 0.15) is 90.9 Å². The van der Waals surface area contributed by atoms with Gasteiger partial charge in [-0.1, -0.05) is 44.1 Å². The highest BCUT2D eigenvalue weighted by Crippen LogP contribution is 2.26. The van der Waals surface area contributed by atoms with Crippen LogP contribution in [0.5, 0.6) is 0 Å². The van der Waals surface area contributed by atoms with Crippen LogP contribution in [0, 0.1) is 0 Å². The molecule has 116 valence electrons. The molecule has 2 nitrogen and oxygen atoms in total. The monoisotopic (exact) mass is 280 g/mol. The minimum Gasteiger partial charge on any atom is -0.393 e. The van der Waals surface area contributed by atoms with E-state index in [9.17, 15) is 4.79 Å². The van der Waals surface area contributed by atoms with Crippen molar-refractivity contribution in [2.75, 3.05) is 0 Å². The second-order valence-corrected chi connectivity index (χ2v) is 6.37. The first kappa shape index (κ1) is 17.4. The van der Waals surface area contributed by atoms with Crippen LogP contribution in [0.3, 0.4) is 0 Å². The number of hydrogen-bond acceptors (Lipinski definition) is 2. The minimum atomic E-state index is -0.135. The van der Waals surface area contributed by atoms with Gasteiger partial charge in [0.25, 0.3) is 0 Å². The maximum absolute atomic E-state index is 11.6. The third-order valence-electron chi connectivity index (χ3n) is 4.43. The summed E-state index contributed by atoms with van der Waals surface area (Å²) < 4.78 is 0. The molecule has 0 fully saturated rings. The van der Waals surface area contributed by atoms with Gasteiger partial charge in [-0.05, 0) is 51.5 Å². The summed E-state index contributed by atoms with van der Waals surface area (Å²) in [4.78, 5) is 11.6. The van der Waals surface area contributed by atoms with Crippen molar-refractivity contribution in [3.63, 3.8) is 0 Å². The molecule has 0 bridgehead atoms. The maximum atomic E-state index is 11.6. The van der Waals surface area contributed by atoms with Crippen molar-refractivity contribution in [3.8, 4) is 0 Å². The van der Waals surface area contributed by atoms with Gasteiger partial charge in [-0.15, -0.1) is 0 Å². The predicted octanol–water partition coefficient (Wildman–Crippen LogP) is 4.95. The SMILES string of the molecule is CC1=C(CCCCCCCCCC(C)O)CCCC1=O. The molecule has 0 aliphatic heterocycles. The molecule has 1 aliphatic carbocycles. The summed E-state index contributed by atoms with van der Waals surface area (Å²) >= 11 is 0. The molecule has 1 unspecified atom stereocenters. The standard InChI is InChI=1S/C18H32O2/c1-15(19)11-8-6-4-3-5-7-9-12-17-13-10-14-18(20)16(17)2/h15,19H,3-14H2,1-2H3. The van der Waals surface area contributed by atoms with E-state index in [1.54, 1.807) is 0 Å². The molecule has 0 radical (unpaired) electrons. The van der Waals surface area contributed by atoms with E-state index in [0.29, 0.717) is 5.78 Å². The van der Waals surface area contributed by atoms with E-state index >= 15 is 0 Å². The molecule has 0 aromatic rings. The normalized spacial score (nSPS) is 17.6. The van der Waals surface area contributed by atoms with Crippen LogP contribution < -0.4 is 0 Å². The maximum Gasteiger partial charge on any atom is 0.158 e. The molecule has 1 aliphatic rings. The number of hydrogen-bond donors (Lipinski definition) is 1. The molecule has 0 saturated carbocycles. The Morgan fingerprint density at radius 2 is 1.60 bits per heavy atom. The molecular weight excluding hydrogens is 248 g/mol. The molecule has 0 saturated heterocycles. The summed E-state index contributed by atoms with van der Waals surface area (Å²) in [6.45, 7) is 3.88. The lowest BCUT2D eigenvalue weighted by molar-refractivity contribution is -0.116. The van der Waals surface area contributed by atoms with Crippen molar-refractivity contribution in [2.45, 2.75) is 97.0 Å². The van der Waals surface area contributed by atoms with Crippen molar-refractivity contribution in [2.24, 2.45) is 0 Å². The van der Waals surface area contributed by atoms with Gasteiger partial charge in [-0.2, -0.15) is 0 Å². The first-order chi connectivity index (χ1) is 9.61. The van der Waals surface area contributed by atoms with Gasteiger partial charge in [-0.25, -0.2) is 0 Å². The Bertz CT molecular complexity index is 315. The third kappa shape index (κ3) is 7.23. The molecule has 0 aromatic heterocycles. The van der Waals surface area contributed by atoms with Crippen molar-refractivity contribution in [1.29, 1.82) is 0 Å². The molecule has 1 N–H and O–H groups in total. The smallest absolute Gasteiger partial charge is 0.158 e. The number of unbranched alkanes of at least 4 members (excludes halogenated alkanes) is 6. The zero-order valence-electron chi connectivity index (χ0n) is 13.4. The van der Waals surface area contributed by atoms with Crippen LogP contribution in [0.15, 0.2) is 11.1 Å². The summed E-state index contributed by atoms with van der Waals surface area (Å²) in [7, 11) is 0. The van der Waals surface area contributed by atoms with E-state index in [-0.39, 0.29) is 6.10 Å². The predicted molar refractivity (Wildman–Crippen MR) is 84.8 cm³/mol. The second-order valence-electron chi connectivity index (χ2n) is 6.37. The van der Waals surface area contributed by atoms with Gasteiger partial charge in [0.2, 0.25) is 0 Å². The molecule has 1 atom stereocenters. The number of rotatable bonds is 10. The van der Waals surface area contributed by atoms with Gasteiger partial charge in [0, 0.05) is 6.42 Å². The number of carbonyl (C=O) groups is 1.